The Morgan fingerprint density at radius 2 is 1.57 bits per heavy atom. The molecule has 1 N–H and O–H groups in total. The van der Waals surface area contributed by atoms with E-state index >= 15 is 4.39 Å². The van der Waals surface area contributed by atoms with Crippen molar-refractivity contribution in [1.29, 1.82) is 0 Å². The summed E-state index contributed by atoms with van der Waals surface area (Å²) in [6.45, 7) is 5.66. The maximum atomic E-state index is 15.1. The molecule has 0 saturated carbocycles. The molecule has 5 nitrogen and oxygen atoms in total. The molecule has 0 aliphatic carbocycles. The van der Waals surface area contributed by atoms with Gasteiger partial charge in [0, 0.05) is 35.6 Å². The number of rotatable bonds is 4. The van der Waals surface area contributed by atoms with Crippen LogP contribution in [-0.2, 0) is 9.59 Å². The van der Waals surface area contributed by atoms with Gasteiger partial charge in [0.2, 0.25) is 0 Å². The van der Waals surface area contributed by atoms with Crippen molar-refractivity contribution < 1.29 is 19.1 Å². The highest BCUT2D eigenvalue weighted by molar-refractivity contribution is 6.51. The molecular formula is C29H27FN2O3. The first-order valence-corrected chi connectivity index (χ1v) is 11.8. The Morgan fingerprint density at radius 1 is 0.914 bits per heavy atom. The van der Waals surface area contributed by atoms with Crippen LogP contribution in [-0.4, -0.2) is 29.9 Å². The molecule has 3 aromatic carbocycles. The van der Waals surface area contributed by atoms with Gasteiger partial charge in [0.1, 0.15) is 11.6 Å². The molecule has 178 valence electrons. The molecule has 35 heavy (non-hydrogen) atoms. The van der Waals surface area contributed by atoms with Gasteiger partial charge in [-0.1, -0.05) is 35.9 Å². The van der Waals surface area contributed by atoms with Gasteiger partial charge in [0.05, 0.1) is 11.6 Å². The fraction of sp³-hybridized carbons (Fsp3) is 0.241. The van der Waals surface area contributed by atoms with Crippen molar-refractivity contribution in [1.82, 2.24) is 0 Å². The maximum Gasteiger partial charge on any atom is 0.300 e. The highest BCUT2D eigenvalue weighted by atomic mass is 19.1. The lowest BCUT2D eigenvalue weighted by Gasteiger charge is -2.26. The van der Waals surface area contributed by atoms with Crippen molar-refractivity contribution >= 4 is 28.8 Å². The van der Waals surface area contributed by atoms with E-state index in [1.807, 2.05) is 38.1 Å². The number of ketones is 1. The predicted molar refractivity (Wildman–Crippen MR) is 135 cm³/mol. The van der Waals surface area contributed by atoms with Gasteiger partial charge in [0.25, 0.3) is 11.7 Å². The molecule has 1 atom stereocenters. The Bertz CT molecular complexity index is 1340. The highest BCUT2D eigenvalue weighted by Crippen LogP contribution is 2.43. The minimum atomic E-state index is -1.09. The summed E-state index contributed by atoms with van der Waals surface area (Å²) in [5.41, 5.74) is 3.66. The first kappa shape index (κ1) is 22.8. The van der Waals surface area contributed by atoms with E-state index in [1.165, 1.54) is 11.0 Å². The molecule has 2 fully saturated rings. The normalized spacial score (nSPS) is 19.6. The quantitative estimate of drug-likeness (QED) is 0.303. The van der Waals surface area contributed by atoms with Gasteiger partial charge in [-0.05, 0) is 68.7 Å². The minimum absolute atomic E-state index is 0.114. The van der Waals surface area contributed by atoms with Gasteiger partial charge < -0.3 is 10.0 Å². The zero-order chi connectivity index (χ0) is 24.7. The molecule has 1 amide bonds. The molecule has 1 unspecified atom stereocenters. The Hall–Kier alpha value is -3.93. The number of aliphatic hydroxyl groups is 1. The third kappa shape index (κ3) is 3.99. The van der Waals surface area contributed by atoms with Crippen LogP contribution in [0, 0.1) is 19.7 Å². The number of hydrogen-bond acceptors (Lipinski definition) is 4. The average molecular weight is 471 g/mol. The summed E-state index contributed by atoms with van der Waals surface area (Å²) in [4.78, 5) is 30.2. The summed E-state index contributed by atoms with van der Waals surface area (Å²) in [7, 11) is 0. The number of halogens is 1. The van der Waals surface area contributed by atoms with Crippen LogP contribution in [0.4, 0.5) is 15.8 Å². The number of anilines is 2. The Labute approximate surface area is 204 Å². The van der Waals surface area contributed by atoms with E-state index in [4.69, 9.17) is 0 Å². The lowest BCUT2D eigenvalue weighted by molar-refractivity contribution is -0.132. The number of amides is 1. The topological polar surface area (TPSA) is 60.9 Å². The van der Waals surface area contributed by atoms with E-state index in [1.54, 1.807) is 36.4 Å². The summed E-state index contributed by atoms with van der Waals surface area (Å²) in [6.07, 6.45) is 2.28. The van der Waals surface area contributed by atoms with Gasteiger partial charge >= 0.3 is 0 Å². The first-order valence-electron chi connectivity index (χ1n) is 11.8. The molecule has 6 heteroatoms. The van der Waals surface area contributed by atoms with Crippen molar-refractivity contribution in [2.75, 3.05) is 22.9 Å². The summed E-state index contributed by atoms with van der Waals surface area (Å²) in [5.74, 6) is -2.47. The van der Waals surface area contributed by atoms with E-state index < -0.39 is 23.5 Å². The molecule has 0 bridgehead atoms. The lowest BCUT2D eigenvalue weighted by atomic mass is 9.93. The van der Waals surface area contributed by atoms with Gasteiger partial charge in [0.15, 0.2) is 0 Å². The summed E-state index contributed by atoms with van der Waals surface area (Å²) >= 11 is 0. The van der Waals surface area contributed by atoms with Gasteiger partial charge in [-0.15, -0.1) is 0 Å². The second-order valence-corrected chi connectivity index (χ2v) is 9.22. The minimum Gasteiger partial charge on any atom is -0.507 e. The lowest BCUT2D eigenvalue weighted by Crippen LogP contribution is -2.30. The van der Waals surface area contributed by atoms with Gasteiger partial charge in [-0.3, -0.25) is 14.5 Å². The van der Waals surface area contributed by atoms with Crippen LogP contribution in [0.5, 0.6) is 0 Å². The Kier molecular flexibility index (Phi) is 5.89. The molecule has 0 aromatic heterocycles. The van der Waals surface area contributed by atoms with Gasteiger partial charge in [-0.2, -0.15) is 0 Å². The van der Waals surface area contributed by atoms with Crippen molar-refractivity contribution in [2.45, 2.75) is 32.7 Å². The molecule has 2 aliphatic heterocycles. The molecule has 3 aromatic rings. The second-order valence-electron chi connectivity index (χ2n) is 9.22. The molecule has 0 radical (unpaired) electrons. The number of nitrogens with zero attached hydrogens (tertiary/aromatic N) is 2. The zero-order valence-corrected chi connectivity index (χ0v) is 19.8. The first-order chi connectivity index (χ1) is 16.9. The van der Waals surface area contributed by atoms with E-state index in [0.717, 1.165) is 42.7 Å². The van der Waals surface area contributed by atoms with Crippen molar-refractivity contribution in [3.05, 3.63) is 100 Å². The summed E-state index contributed by atoms with van der Waals surface area (Å²) in [6, 6.07) is 17.9. The number of Topliss-reactive ketones (excluding diaryl/α,β-unsaturated/α-hetero) is 1. The third-order valence-electron chi connectivity index (χ3n) is 6.89. The van der Waals surface area contributed by atoms with Crippen molar-refractivity contribution in [3.63, 3.8) is 0 Å². The highest BCUT2D eigenvalue weighted by Gasteiger charge is 2.48. The number of aryl methyl sites for hydroxylation is 2. The maximum absolute atomic E-state index is 15.1. The number of carbonyl (C=O) groups excluding carboxylic acids is 2. The molecule has 2 aliphatic rings. The van der Waals surface area contributed by atoms with Crippen LogP contribution in [0.1, 0.15) is 41.1 Å². The smallest absolute Gasteiger partial charge is 0.300 e. The van der Waals surface area contributed by atoms with Crippen LogP contribution >= 0.6 is 0 Å². The third-order valence-corrected chi connectivity index (χ3v) is 6.89. The summed E-state index contributed by atoms with van der Waals surface area (Å²) in [5, 5.41) is 11.3. The molecule has 5 rings (SSSR count). The van der Waals surface area contributed by atoms with Crippen LogP contribution in [0.25, 0.3) is 5.76 Å². The standard InChI is InChI=1S/C29H27FN2O3/c1-18-9-10-19(2)23(17-18)27(33)25-26(22-7-3-4-8-24(22)30)32(29(35)28(25)34)21-13-11-20(12-14-21)31-15-5-6-16-31/h3-4,7-14,17,26,33H,5-6,15-16H2,1-2H3/b27-25+. The molecule has 2 heterocycles. The van der Waals surface area contributed by atoms with Crippen LogP contribution < -0.4 is 9.80 Å². The summed E-state index contributed by atoms with van der Waals surface area (Å²) < 4.78 is 15.1. The fourth-order valence-corrected chi connectivity index (χ4v) is 5.03. The van der Waals surface area contributed by atoms with E-state index in [2.05, 4.69) is 4.90 Å². The Balaban J connectivity index is 1.67. The van der Waals surface area contributed by atoms with E-state index in [0.29, 0.717) is 11.3 Å². The van der Waals surface area contributed by atoms with Gasteiger partial charge in [-0.25, -0.2) is 4.39 Å². The molecular weight excluding hydrogens is 443 g/mol. The van der Waals surface area contributed by atoms with Crippen LogP contribution in [0.2, 0.25) is 0 Å². The van der Waals surface area contributed by atoms with Crippen molar-refractivity contribution in [3.8, 4) is 0 Å². The van der Waals surface area contributed by atoms with Crippen molar-refractivity contribution in [2.24, 2.45) is 0 Å². The van der Waals surface area contributed by atoms with Crippen LogP contribution in [0.3, 0.4) is 0 Å². The number of aliphatic hydroxyl groups excluding tert-OH is 1. The average Bonchev–Trinajstić information content (AvgIpc) is 3.48. The fourth-order valence-electron chi connectivity index (χ4n) is 5.03. The number of hydrogen-bond donors (Lipinski definition) is 1. The van der Waals surface area contributed by atoms with E-state index in [-0.39, 0.29) is 16.9 Å². The zero-order valence-electron chi connectivity index (χ0n) is 19.8. The molecule has 0 spiro atoms. The number of benzene rings is 3. The largest absolute Gasteiger partial charge is 0.507 e. The monoisotopic (exact) mass is 470 g/mol. The molecule has 2 saturated heterocycles. The van der Waals surface area contributed by atoms with Crippen LogP contribution in [0.15, 0.2) is 72.3 Å². The second kappa shape index (κ2) is 9.02. The number of carbonyl (C=O) groups is 2. The Morgan fingerprint density at radius 3 is 2.26 bits per heavy atom. The SMILES string of the molecule is Cc1ccc(C)c(/C(O)=C2\C(=O)C(=O)N(c3ccc(N4CCCC4)cc3)C2c2ccccc2F)c1. The predicted octanol–water partition coefficient (Wildman–Crippen LogP) is 5.67. The van der Waals surface area contributed by atoms with E-state index in [9.17, 15) is 14.7 Å².